The SMILES string of the molecule is Cc1cc(=O)n2[nH]c(Cc3n[nH]c(Cc4ccccc4)n3)nc2n1. The van der Waals surface area contributed by atoms with Gasteiger partial charge >= 0.3 is 0 Å². The molecule has 0 saturated carbocycles. The van der Waals surface area contributed by atoms with E-state index in [9.17, 15) is 4.79 Å². The number of nitrogens with one attached hydrogen (secondary N) is 2. The Balaban J connectivity index is 1.56. The molecule has 3 heterocycles. The van der Waals surface area contributed by atoms with Gasteiger partial charge in [-0.05, 0) is 12.5 Å². The first-order chi connectivity index (χ1) is 11.7. The Bertz CT molecular complexity index is 1050. The molecule has 0 saturated heterocycles. The number of benzene rings is 1. The lowest BCUT2D eigenvalue weighted by Gasteiger charge is -1.95. The van der Waals surface area contributed by atoms with Crippen LogP contribution in [-0.4, -0.2) is 34.8 Å². The Morgan fingerprint density at radius 3 is 2.71 bits per heavy atom. The molecule has 0 aliphatic carbocycles. The standard InChI is InChI=1S/C16H15N7O/c1-10-7-15(24)23-16(17-10)19-14(22-23)9-13-18-12(20-21-13)8-11-5-3-2-4-6-11/h2-7H,8-9H2,1H3,(H,17,19,22)(H,18,20,21). The first-order valence-electron chi connectivity index (χ1n) is 7.57. The predicted molar refractivity (Wildman–Crippen MR) is 86.8 cm³/mol. The molecule has 8 heteroatoms. The topological polar surface area (TPSA) is 105 Å². The van der Waals surface area contributed by atoms with E-state index in [2.05, 4.69) is 30.2 Å². The van der Waals surface area contributed by atoms with Crippen molar-refractivity contribution in [1.29, 1.82) is 0 Å². The van der Waals surface area contributed by atoms with Gasteiger partial charge < -0.3 is 0 Å². The maximum atomic E-state index is 11.9. The molecule has 120 valence electrons. The predicted octanol–water partition coefficient (Wildman–Crippen LogP) is 1.03. The highest BCUT2D eigenvalue weighted by atomic mass is 16.1. The third-order valence-electron chi connectivity index (χ3n) is 3.62. The maximum Gasteiger partial charge on any atom is 0.274 e. The Morgan fingerprint density at radius 1 is 1.04 bits per heavy atom. The summed E-state index contributed by atoms with van der Waals surface area (Å²) in [5, 5.41) is 10.1. The Labute approximate surface area is 136 Å². The van der Waals surface area contributed by atoms with Crippen LogP contribution in [0.3, 0.4) is 0 Å². The Kier molecular flexibility index (Phi) is 3.42. The van der Waals surface area contributed by atoms with Crippen LogP contribution < -0.4 is 5.56 Å². The number of hydrogen-bond acceptors (Lipinski definition) is 5. The van der Waals surface area contributed by atoms with Gasteiger partial charge in [0.2, 0.25) is 0 Å². The largest absolute Gasteiger partial charge is 0.275 e. The summed E-state index contributed by atoms with van der Waals surface area (Å²) in [6.45, 7) is 1.76. The number of H-pyrrole nitrogens is 2. The molecule has 1 aromatic carbocycles. The number of hydrogen-bond donors (Lipinski definition) is 2. The van der Waals surface area contributed by atoms with Gasteiger partial charge in [0.15, 0.2) is 5.82 Å². The number of aromatic nitrogens is 7. The molecular weight excluding hydrogens is 306 g/mol. The molecule has 0 spiro atoms. The molecule has 0 amide bonds. The minimum absolute atomic E-state index is 0.184. The van der Waals surface area contributed by atoms with Gasteiger partial charge in [-0.25, -0.2) is 9.97 Å². The van der Waals surface area contributed by atoms with Crippen molar-refractivity contribution >= 4 is 5.78 Å². The van der Waals surface area contributed by atoms with Crippen molar-refractivity contribution < 1.29 is 0 Å². The average molecular weight is 321 g/mol. The number of nitrogens with zero attached hydrogens (tertiary/aromatic N) is 5. The lowest BCUT2D eigenvalue weighted by atomic mass is 10.1. The van der Waals surface area contributed by atoms with E-state index in [4.69, 9.17) is 0 Å². The molecule has 3 aromatic heterocycles. The second-order valence-electron chi connectivity index (χ2n) is 5.58. The molecule has 0 atom stereocenters. The van der Waals surface area contributed by atoms with E-state index >= 15 is 0 Å². The molecule has 0 radical (unpaired) electrons. The van der Waals surface area contributed by atoms with E-state index in [-0.39, 0.29) is 5.56 Å². The summed E-state index contributed by atoms with van der Waals surface area (Å²) in [7, 11) is 0. The summed E-state index contributed by atoms with van der Waals surface area (Å²) in [6, 6.07) is 11.5. The van der Waals surface area contributed by atoms with Gasteiger partial charge in [0.05, 0.1) is 6.42 Å². The molecule has 4 rings (SSSR count). The van der Waals surface area contributed by atoms with Crippen molar-refractivity contribution in [2.24, 2.45) is 0 Å². The van der Waals surface area contributed by atoms with E-state index in [0.717, 1.165) is 11.4 Å². The summed E-state index contributed by atoms with van der Waals surface area (Å²) in [5.74, 6) is 2.36. The number of rotatable bonds is 4. The van der Waals surface area contributed by atoms with E-state index in [1.54, 1.807) is 6.92 Å². The minimum atomic E-state index is -0.184. The van der Waals surface area contributed by atoms with Crippen molar-refractivity contribution in [3.63, 3.8) is 0 Å². The van der Waals surface area contributed by atoms with Crippen molar-refractivity contribution in [1.82, 2.24) is 34.8 Å². The monoisotopic (exact) mass is 321 g/mol. The fourth-order valence-corrected chi connectivity index (χ4v) is 2.55. The summed E-state index contributed by atoms with van der Waals surface area (Å²) >= 11 is 0. The van der Waals surface area contributed by atoms with Crippen LogP contribution in [0.5, 0.6) is 0 Å². The fourth-order valence-electron chi connectivity index (χ4n) is 2.55. The summed E-state index contributed by atoms with van der Waals surface area (Å²) in [6.07, 6.45) is 1.08. The normalized spacial score (nSPS) is 11.2. The van der Waals surface area contributed by atoms with E-state index < -0.39 is 0 Å². The van der Waals surface area contributed by atoms with Crippen LogP contribution in [0.25, 0.3) is 5.78 Å². The first-order valence-corrected chi connectivity index (χ1v) is 7.57. The smallest absolute Gasteiger partial charge is 0.274 e. The van der Waals surface area contributed by atoms with Crippen LogP contribution in [0.15, 0.2) is 41.2 Å². The third-order valence-corrected chi connectivity index (χ3v) is 3.62. The number of aromatic amines is 2. The molecule has 4 aromatic rings. The molecule has 0 unspecified atom stereocenters. The van der Waals surface area contributed by atoms with E-state index in [0.29, 0.717) is 36.0 Å². The quantitative estimate of drug-likeness (QED) is 0.584. The third kappa shape index (κ3) is 2.81. The van der Waals surface area contributed by atoms with Gasteiger partial charge in [0.1, 0.15) is 11.6 Å². The second kappa shape index (κ2) is 5.73. The first kappa shape index (κ1) is 14.3. The van der Waals surface area contributed by atoms with Crippen molar-refractivity contribution in [3.8, 4) is 0 Å². The zero-order valence-electron chi connectivity index (χ0n) is 13.0. The summed E-state index contributed by atoms with van der Waals surface area (Å²) in [5.41, 5.74) is 1.62. The molecular formula is C16H15N7O. The minimum Gasteiger partial charge on any atom is -0.275 e. The van der Waals surface area contributed by atoms with E-state index in [1.165, 1.54) is 10.6 Å². The zero-order valence-corrected chi connectivity index (χ0v) is 13.0. The molecule has 24 heavy (non-hydrogen) atoms. The lowest BCUT2D eigenvalue weighted by molar-refractivity contribution is 0.839. The highest BCUT2D eigenvalue weighted by molar-refractivity contribution is 5.28. The Morgan fingerprint density at radius 2 is 1.88 bits per heavy atom. The summed E-state index contributed by atoms with van der Waals surface area (Å²) in [4.78, 5) is 24.9. The van der Waals surface area contributed by atoms with Gasteiger partial charge in [0.25, 0.3) is 11.3 Å². The maximum absolute atomic E-state index is 11.9. The van der Waals surface area contributed by atoms with E-state index in [1.807, 2.05) is 30.3 Å². The molecule has 0 fully saturated rings. The van der Waals surface area contributed by atoms with Crippen LogP contribution in [0, 0.1) is 6.92 Å². The van der Waals surface area contributed by atoms with Crippen molar-refractivity contribution in [2.75, 3.05) is 0 Å². The van der Waals surface area contributed by atoms with Crippen LogP contribution in [0.2, 0.25) is 0 Å². The van der Waals surface area contributed by atoms with Gasteiger partial charge in [-0.1, -0.05) is 30.3 Å². The highest BCUT2D eigenvalue weighted by Gasteiger charge is 2.10. The van der Waals surface area contributed by atoms with Crippen molar-refractivity contribution in [2.45, 2.75) is 19.8 Å². The van der Waals surface area contributed by atoms with Crippen LogP contribution in [0.1, 0.15) is 28.7 Å². The van der Waals surface area contributed by atoms with Gasteiger partial charge in [-0.3, -0.25) is 15.0 Å². The molecule has 2 N–H and O–H groups in total. The van der Waals surface area contributed by atoms with Crippen molar-refractivity contribution in [3.05, 3.63) is 75.5 Å². The number of fused-ring (bicyclic) bond motifs is 1. The highest BCUT2D eigenvalue weighted by Crippen LogP contribution is 2.07. The lowest BCUT2D eigenvalue weighted by Crippen LogP contribution is -2.14. The zero-order chi connectivity index (χ0) is 16.5. The summed E-state index contributed by atoms with van der Waals surface area (Å²) < 4.78 is 1.32. The molecule has 8 nitrogen and oxygen atoms in total. The van der Waals surface area contributed by atoms with Crippen LogP contribution in [0.4, 0.5) is 0 Å². The molecule has 0 aliphatic rings. The second-order valence-corrected chi connectivity index (χ2v) is 5.58. The number of aryl methyl sites for hydroxylation is 1. The van der Waals surface area contributed by atoms with Crippen LogP contribution >= 0.6 is 0 Å². The molecule has 0 bridgehead atoms. The van der Waals surface area contributed by atoms with Gasteiger partial charge in [-0.15, -0.1) is 0 Å². The Hall–Kier alpha value is -3.29. The van der Waals surface area contributed by atoms with Gasteiger partial charge in [0, 0.05) is 18.2 Å². The fraction of sp³-hybridized carbons (Fsp3) is 0.188. The van der Waals surface area contributed by atoms with Crippen LogP contribution in [-0.2, 0) is 12.8 Å². The average Bonchev–Trinajstić information content (AvgIpc) is 3.15. The van der Waals surface area contributed by atoms with Gasteiger partial charge in [-0.2, -0.15) is 14.6 Å². The molecule has 0 aliphatic heterocycles.